The van der Waals surface area contributed by atoms with Crippen molar-refractivity contribution in [3.8, 4) is 0 Å². The lowest BCUT2D eigenvalue weighted by molar-refractivity contribution is 0.191. The largest absolute Gasteiger partial charge is 0.385 e. The number of benzene rings is 1. The fourth-order valence-corrected chi connectivity index (χ4v) is 2.40. The Morgan fingerprint density at radius 2 is 1.94 bits per heavy atom. The lowest BCUT2D eigenvalue weighted by atomic mass is 9.95. The van der Waals surface area contributed by atoms with Gasteiger partial charge in [0.15, 0.2) is 0 Å². The maximum atomic E-state index is 5.11. The van der Waals surface area contributed by atoms with E-state index >= 15 is 0 Å². The van der Waals surface area contributed by atoms with Crippen molar-refractivity contribution in [3.05, 3.63) is 35.4 Å². The maximum Gasteiger partial charge on any atom is 0.0462 e. The normalized spacial score (nSPS) is 12.6. The molecule has 1 unspecified atom stereocenters. The third-order valence-electron chi connectivity index (χ3n) is 3.35. The second kappa shape index (κ2) is 9.12. The Balaban J connectivity index is 2.64. The quantitative estimate of drug-likeness (QED) is 0.674. The van der Waals surface area contributed by atoms with E-state index in [2.05, 4.69) is 43.4 Å². The molecule has 1 aromatic rings. The van der Waals surface area contributed by atoms with E-state index in [9.17, 15) is 0 Å². The molecule has 0 fully saturated rings. The fourth-order valence-electron chi connectivity index (χ4n) is 2.40. The van der Waals surface area contributed by atoms with Gasteiger partial charge in [-0.2, -0.15) is 0 Å². The Bertz CT molecular complexity index is 325. The van der Waals surface area contributed by atoms with Crippen molar-refractivity contribution in [1.29, 1.82) is 0 Å². The molecule has 0 saturated heterocycles. The third-order valence-corrected chi connectivity index (χ3v) is 3.35. The first kappa shape index (κ1) is 15.2. The summed E-state index contributed by atoms with van der Waals surface area (Å²) in [6.45, 7) is 6.30. The first-order chi connectivity index (χ1) is 8.83. The van der Waals surface area contributed by atoms with Crippen molar-refractivity contribution in [2.75, 3.05) is 20.3 Å². The van der Waals surface area contributed by atoms with Gasteiger partial charge in [0, 0.05) is 19.8 Å². The maximum absolute atomic E-state index is 5.11. The van der Waals surface area contributed by atoms with Crippen LogP contribution in [0.2, 0.25) is 0 Å². The van der Waals surface area contributed by atoms with E-state index in [1.807, 2.05) is 0 Å². The van der Waals surface area contributed by atoms with Crippen LogP contribution in [0.5, 0.6) is 0 Å². The fraction of sp³-hybridized carbons (Fsp3) is 0.625. The molecule has 0 spiro atoms. The Morgan fingerprint density at radius 3 is 2.61 bits per heavy atom. The number of unbranched alkanes of at least 4 members (excludes halogenated alkanes) is 1. The lowest BCUT2D eigenvalue weighted by Crippen LogP contribution is -2.22. The van der Waals surface area contributed by atoms with Crippen molar-refractivity contribution in [2.24, 2.45) is 0 Å². The molecular formula is C16H27NO. The van der Waals surface area contributed by atoms with Gasteiger partial charge in [-0.25, -0.2) is 0 Å². The van der Waals surface area contributed by atoms with Crippen LogP contribution in [0.25, 0.3) is 0 Å². The van der Waals surface area contributed by atoms with Gasteiger partial charge in [-0.05, 0) is 43.4 Å². The average molecular weight is 249 g/mol. The second-order valence-electron chi connectivity index (χ2n) is 4.65. The van der Waals surface area contributed by atoms with Gasteiger partial charge in [-0.1, -0.05) is 38.1 Å². The van der Waals surface area contributed by atoms with Crippen LogP contribution in [-0.2, 0) is 11.2 Å². The molecule has 18 heavy (non-hydrogen) atoms. The summed E-state index contributed by atoms with van der Waals surface area (Å²) in [5.74, 6) is 0. The molecule has 2 nitrogen and oxygen atoms in total. The van der Waals surface area contributed by atoms with E-state index in [-0.39, 0.29) is 0 Å². The monoisotopic (exact) mass is 249 g/mol. The molecule has 1 aromatic carbocycles. The van der Waals surface area contributed by atoms with Gasteiger partial charge >= 0.3 is 0 Å². The van der Waals surface area contributed by atoms with Gasteiger partial charge in [-0.15, -0.1) is 0 Å². The van der Waals surface area contributed by atoms with Crippen molar-refractivity contribution in [1.82, 2.24) is 5.32 Å². The van der Waals surface area contributed by atoms with Gasteiger partial charge in [-0.3, -0.25) is 0 Å². The summed E-state index contributed by atoms with van der Waals surface area (Å²) < 4.78 is 5.11. The predicted octanol–water partition coefficient (Wildman–Crippen LogP) is 3.72. The molecule has 0 heterocycles. The molecule has 2 heteroatoms. The molecule has 1 atom stereocenters. The number of nitrogens with one attached hydrogen (secondary N) is 1. The number of ether oxygens (including phenoxy) is 1. The van der Waals surface area contributed by atoms with E-state index in [0.717, 1.165) is 26.0 Å². The van der Waals surface area contributed by atoms with Crippen molar-refractivity contribution >= 4 is 0 Å². The van der Waals surface area contributed by atoms with Crippen LogP contribution in [0.4, 0.5) is 0 Å². The number of methoxy groups -OCH3 is 1. The van der Waals surface area contributed by atoms with Gasteiger partial charge in [0.05, 0.1) is 0 Å². The van der Waals surface area contributed by atoms with Gasteiger partial charge in [0.1, 0.15) is 0 Å². The van der Waals surface area contributed by atoms with E-state index in [4.69, 9.17) is 4.74 Å². The van der Waals surface area contributed by atoms with Crippen LogP contribution in [-0.4, -0.2) is 20.3 Å². The van der Waals surface area contributed by atoms with Gasteiger partial charge < -0.3 is 10.1 Å². The van der Waals surface area contributed by atoms with Crippen molar-refractivity contribution in [2.45, 2.75) is 45.6 Å². The third kappa shape index (κ3) is 4.79. The standard InChI is InChI=1S/C16H27NO/c1-4-14-10-6-7-11-15(14)16(17-5-2)12-8-9-13-18-3/h6-7,10-11,16-17H,4-5,8-9,12-13H2,1-3H3. The Kier molecular flexibility index (Phi) is 7.70. The summed E-state index contributed by atoms with van der Waals surface area (Å²) in [5, 5.41) is 3.61. The molecule has 0 aliphatic rings. The zero-order valence-corrected chi connectivity index (χ0v) is 12.0. The van der Waals surface area contributed by atoms with E-state index < -0.39 is 0 Å². The number of hydrogen-bond donors (Lipinski definition) is 1. The van der Waals surface area contributed by atoms with Crippen LogP contribution in [0.1, 0.15) is 50.3 Å². The van der Waals surface area contributed by atoms with Crippen molar-refractivity contribution < 1.29 is 4.74 Å². The highest BCUT2D eigenvalue weighted by molar-refractivity contribution is 5.30. The molecule has 0 amide bonds. The Hall–Kier alpha value is -0.860. The van der Waals surface area contributed by atoms with Crippen LogP contribution < -0.4 is 5.32 Å². The van der Waals surface area contributed by atoms with Crippen molar-refractivity contribution in [3.63, 3.8) is 0 Å². The first-order valence-electron chi connectivity index (χ1n) is 7.13. The minimum Gasteiger partial charge on any atom is -0.385 e. The molecule has 0 aliphatic heterocycles. The SMILES string of the molecule is CCNC(CCCCOC)c1ccccc1CC. The Morgan fingerprint density at radius 1 is 1.17 bits per heavy atom. The van der Waals surface area contributed by atoms with Crippen LogP contribution in [0.3, 0.4) is 0 Å². The molecular weight excluding hydrogens is 222 g/mol. The molecule has 102 valence electrons. The van der Waals surface area contributed by atoms with Crippen LogP contribution >= 0.6 is 0 Å². The summed E-state index contributed by atoms with van der Waals surface area (Å²) in [6, 6.07) is 9.28. The average Bonchev–Trinajstić information content (AvgIpc) is 2.42. The number of aryl methyl sites for hydroxylation is 1. The highest BCUT2D eigenvalue weighted by atomic mass is 16.5. The van der Waals surface area contributed by atoms with Crippen LogP contribution in [0, 0.1) is 0 Å². The highest BCUT2D eigenvalue weighted by Gasteiger charge is 2.12. The predicted molar refractivity (Wildman–Crippen MR) is 78.0 cm³/mol. The Labute approximate surface area is 112 Å². The lowest BCUT2D eigenvalue weighted by Gasteiger charge is -2.21. The summed E-state index contributed by atoms with van der Waals surface area (Å²) in [7, 11) is 1.77. The summed E-state index contributed by atoms with van der Waals surface area (Å²) in [4.78, 5) is 0. The summed E-state index contributed by atoms with van der Waals surface area (Å²) >= 11 is 0. The second-order valence-corrected chi connectivity index (χ2v) is 4.65. The van der Waals surface area contributed by atoms with E-state index in [0.29, 0.717) is 6.04 Å². The topological polar surface area (TPSA) is 21.3 Å². The molecule has 0 saturated carbocycles. The van der Waals surface area contributed by atoms with Crippen LogP contribution in [0.15, 0.2) is 24.3 Å². The van der Waals surface area contributed by atoms with Gasteiger partial charge in [0.2, 0.25) is 0 Å². The summed E-state index contributed by atoms with van der Waals surface area (Å²) in [5.41, 5.74) is 2.94. The smallest absolute Gasteiger partial charge is 0.0462 e. The molecule has 0 aromatic heterocycles. The zero-order valence-electron chi connectivity index (χ0n) is 12.0. The minimum absolute atomic E-state index is 0.489. The highest BCUT2D eigenvalue weighted by Crippen LogP contribution is 2.23. The zero-order chi connectivity index (χ0) is 13.2. The van der Waals surface area contributed by atoms with E-state index in [1.54, 1.807) is 7.11 Å². The molecule has 1 N–H and O–H groups in total. The molecule has 1 rings (SSSR count). The van der Waals surface area contributed by atoms with Gasteiger partial charge in [0.25, 0.3) is 0 Å². The molecule has 0 aliphatic carbocycles. The summed E-state index contributed by atoms with van der Waals surface area (Å²) in [6.07, 6.45) is 4.65. The molecule has 0 bridgehead atoms. The number of hydrogen-bond acceptors (Lipinski definition) is 2. The first-order valence-corrected chi connectivity index (χ1v) is 7.13. The molecule has 0 radical (unpaired) electrons. The number of rotatable bonds is 9. The minimum atomic E-state index is 0.489. The van der Waals surface area contributed by atoms with E-state index in [1.165, 1.54) is 24.0 Å².